The molecule has 0 spiro atoms. The van der Waals surface area contributed by atoms with Crippen molar-refractivity contribution >= 4 is 63.3 Å². The largest absolute Gasteiger partial charge is 1.00 e. The molecule has 0 aliphatic heterocycles. The Kier molecular flexibility index (Phi) is 14.2. The molecule has 53 heavy (non-hydrogen) atoms. The maximum Gasteiger partial charge on any atom is 1.00 e. The fourth-order valence-corrected chi connectivity index (χ4v) is 14.7. The zero-order valence-corrected chi connectivity index (χ0v) is 32.2. The summed E-state index contributed by atoms with van der Waals surface area (Å²) in [6.45, 7) is -6.66. The van der Waals surface area contributed by atoms with Crippen LogP contribution in [0.1, 0.15) is 0 Å². The molecular formula is C42H38AgNO7P2. The fraction of sp³-hybridized carbons (Fsp3) is 0.0476. The first kappa shape index (κ1) is 40.6. The maximum atomic E-state index is 12.6. The maximum absolute atomic E-state index is 12.6. The molecule has 6 aromatic rings. The van der Waals surface area contributed by atoms with E-state index in [1.807, 2.05) is 54.6 Å². The molecule has 0 saturated carbocycles. The van der Waals surface area contributed by atoms with Crippen molar-refractivity contribution in [1.29, 1.82) is 0 Å². The van der Waals surface area contributed by atoms with Gasteiger partial charge in [-0.1, -0.05) is 91.0 Å². The van der Waals surface area contributed by atoms with E-state index in [-0.39, 0.29) is 28.3 Å². The van der Waals surface area contributed by atoms with Gasteiger partial charge in [0.15, 0.2) is 0 Å². The van der Waals surface area contributed by atoms with Gasteiger partial charge in [0.1, 0.15) is 0 Å². The van der Waals surface area contributed by atoms with Crippen LogP contribution in [0, 0.1) is 16.3 Å². The van der Waals surface area contributed by atoms with E-state index in [1.54, 1.807) is 96.8 Å². The second-order valence-corrected chi connectivity index (χ2v) is 18.9. The van der Waals surface area contributed by atoms with E-state index in [2.05, 4.69) is 36.4 Å². The van der Waals surface area contributed by atoms with Crippen LogP contribution < -0.4 is 31.8 Å². The van der Waals surface area contributed by atoms with Crippen molar-refractivity contribution in [3.8, 4) is 0 Å². The Morgan fingerprint density at radius 3 is 1.13 bits per heavy atom. The molecule has 0 atom stereocenters. The van der Waals surface area contributed by atoms with Crippen molar-refractivity contribution in [1.82, 2.24) is 0 Å². The molecule has 8 nitrogen and oxygen atoms in total. The fourth-order valence-electron chi connectivity index (χ4n) is 6.27. The first-order valence-corrected chi connectivity index (χ1v) is 20.3. The summed E-state index contributed by atoms with van der Waals surface area (Å²) in [5.41, 5.74) is 0. The summed E-state index contributed by atoms with van der Waals surface area (Å²) in [5.74, 6) is 0.753. The normalized spacial score (nSPS) is 11.4. The number of nitrogens with zero attached hydrogens (tertiary/aromatic N) is 1. The van der Waals surface area contributed by atoms with Crippen molar-refractivity contribution in [2.45, 2.75) is 0 Å². The predicted molar refractivity (Wildman–Crippen MR) is 213 cm³/mol. The van der Waals surface area contributed by atoms with Crippen molar-refractivity contribution in [2.24, 2.45) is 0 Å². The Morgan fingerprint density at radius 1 is 0.566 bits per heavy atom. The van der Waals surface area contributed by atoms with Gasteiger partial charge in [-0.05, 0) is 22.8 Å². The summed E-state index contributed by atoms with van der Waals surface area (Å²) < 4.78 is 15.6. The molecule has 0 heterocycles. The van der Waals surface area contributed by atoms with E-state index in [1.165, 1.54) is 20.4 Å². The Hall–Kier alpha value is -5.20. The molecule has 0 N–H and O–H groups in total. The minimum Gasteiger partial charge on any atom is 1.00 e. The zero-order valence-electron chi connectivity index (χ0n) is 29.0. The number of benzene rings is 6. The first-order chi connectivity index (χ1) is 25.3. The van der Waals surface area contributed by atoms with Crippen molar-refractivity contribution < 1.29 is 51.2 Å². The van der Waals surface area contributed by atoms with Crippen molar-refractivity contribution in [2.75, 3.05) is 14.2 Å². The summed E-state index contributed by atoms with van der Waals surface area (Å²) in [5, 5.41) is 16.0. The Morgan fingerprint density at radius 2 is 0.868 bits per heavy atom. The monoisotopic (exact) mass is 837 g/mol. The minimum absolute atomic E-state index is 0. The van der Waals surface area contributed by atoms with Gasteiger partial charge in [0, 0.05) is 5.80 Å². The molecule has 11 heteroatoms. The zero-order chi connectivity index (χ0) is 36.9. The number of carbonyl (C=O) groups is 2. The second-order valence-electron chi connectivity index (χ2n) is 11.4. The van der Waals surface area contributed by atoms with Gasteiger partial charge in [-0.2, -0.15) is 0 Å². The van der Waals surface area contributed by atoms with E-state index in [0.29, 0.717) is 15.9 Å². The number of methoxy groups -OCH3 is 2. The van der Waals surface area contributed by atoms with Gasteiger partial charge in [-0.25, -0.2) is 4.79 Å². The number of carbonyl (C=O) groups excluding carboxylic acids is 2. The molecule has 6 aromatic carbocycles. The minimum atomic E-state index is -4.44. The van der Waals surface area contributed by atoms with Crippen LogP contribution in [0.25, 0.3) is 0 Å². The van der Waals surface area contributed by atoms with Crippen LogP contribution in [0.5, 0.6) is 0 Å². The van der Waals surface area contributed by atoms with Crippen molar-refractivity contribution in [3.63, 3.8) is 0 Å². The van der Waals surface area contributed by atoms with Crippen LogP contribution in [0.3, 0.4) is 0 Å². The molecule has 0 unspecified atom stereocenters. The van der Waals surface area contributed by atoms with Crippen LogP contribution in [0.4, 0.5) is 0 Å². The van der Waals surface area contributed by atoms with Gasteiger partial charge in [0.05, 0.1) is 7.11 Å². The molecule has 0 radical (unpaired) electrons. The molecule has 0 aliphatic carbocycles. The number of hydrogen-bond donors (Lipinski definition) is 0. The number of ether oxygens (including phenoxy) is 2. The summed E-state index contributed by atoms with van der Waals surface area (Å²) in [6, 6.07) is 57.0. The van der Waals surface area contributed by atoms with E-state index >= 15 is 0 Å². The molecule has 0 amide bonds. The van der Waals surface area contributed by atoms with Crippen LogP contribution in [-0.2, 0) is 46.1 Å². The van der Waals surface area contributed by atoms with E-state index < -0.39 is 24.8 Å². The molecule has 274 valence electrons. The average molecular weight is 839 g/mol. The van der Waals surface area contributed by atoms with Crippen LogP contribution in [-0.4, -0.2) is 37.0 Å². The quantitative estimate of drug-likeness (QED) is 0.0399. The molecular weight excluding hydrogens is 800 g/mol. The van der Waals surface area contributed by atoms with Gasteiger partial charge in [-0.3, -0.25) is 0 Å². The molecule has 0 fully saturated rings. The Bertz CT molecular complexity index is 1940. The van der Waals surface area contributed by atoms with Gasteiger partial charge in [-0.15, -0.1) is 0 Å². The van der Waals surface area contributed by atoms with Gasteiger partial charge < -0.3 is 4.74 Å². The van der Waals surface area contributed by atoms with Gasteiger partial charge >= 0.3 is 191 Å². The molecule has 6 rings (SSSR count). The van der Waals surface area contributed by atoms with Gasteiger partial charge in [0.25, 0.3) is 0 Å². The third kappa shape index (κ3) is 8.39. The van der Waals surface area contributed by atoms with Crippen LogP contribution in [0.2, 0.25) is 0 Å². The van der Waals surface area contributed by atoms with Crippen LogP contribution >= 0.6 is 13.7 Å². The van der Waals surface area contributed by atoms with Crippen LogP contribution in [0.15, 0.2) is 182 Å². The standard InChI is InChI=1S/C21H19NO5P.C21H19O2P.Ag/c1-26-21(23)17-28(27-22(24)25,18-11-5-2-6-12-18,19-13-7-3-8-14-19)20-15-9-4-10-16-20;1-23-21(22)17-24(18-11-5-2-6-12-18,19-13-7-3-8-14-19)20-15-9-4-10-16-20;/h2-17H,1H3;2-17H,1H3;/q-1;;+1. The SMILES string of the molecule is COC(=O)C=P(c1ccccc1)(c1ccccc1)c1ccccc1.COC(=O)[CH-]P(O[N+](=O)[O-])(c1ccccc1)(c1ccccc1)c1ccccc1.[Ag+]. The van der Waals surface area contributed by atoms with Crippen molar-refractivity contribution in [3.05, 3.63) is 198 Å². The molecule has 0 aromatic heterocycles. The summed E-state index contributed by atoms with van der Waals surface area (Å²) in [6.07, 6.45) is 1.24. The smallest absolute Gasteiger partial charge is 1.00 e. The first-order valence-electron chi connectivity index (χ1n) is 16.3. The third-order valence-corrected chi connectivity index (χ3v) is 17.7. The molecule has 0 saturated heterocycles. The van der Waals surface area contributed by atoms with E-state index in [9.17, 15) is 19.7 Å². The average Bonchev–Trinajstić information content (AvgIpc) is 3.21. The second kappa shape index (κ2) is 18.5. The van der Waals surface area contributed by atoms with Gasteiger partial charge in [0.2, 0.25) is 0 Å². The number of rotatable bonds is 11. The number of hydrogen-bond acceptors (Lipinski definition) is 7. The predicted octanol–water partition coefficient (Wildman–Crippen LogP) is 5.93. The summed E-state index contributed by atoms with van der Waals surface area (Å²) >= 11 is 0. The van der Waals surface area contributed by atoms with E-state index in [0.717, 1.165) is 15.9 Å². The summed E-state index contributed by atoms with van der Waals surface area (Å²) in [7, 11) is 2.66. The Labute approximate surface area is 325 Å². The molecule has 0 bridgehead atoms. The topological polar surface area (TPSA) is 105 Å². The molecule has 0 aliphatic rings. The Balaban J connectivity index is 0.000000235. The number of esters is 2. The van der Waals surface area contributed by atoms with E-state index in [4.69, 9.17) is 14.1 Å². The summed E-state index contributed by atoms with van der Waals surface area (Å²) in [4.78, 5) is 36.7. The third-order valence-electron chi connectivity index (χ3n) is 8.59.